The van der Waals surface area contributed by atoms with Gasteiger partial charge in [0.15, 0.2) is 0 Å². The summed E-state index contributed by atoms with van der Waals surface area (Å²) in [5.41, 5.74) is 3.88. The Labute approximate surface area is 214 Å². The minimum atomic E-state index is -0.474. The van der Waals surface area contributed by atoms with E-state index in [0.717, 1.165) is 11.4 Å². The number of nitrogens with zero attached hydrogens (tertiary/aromatic N) is 3. The number of hydrogen-bond acceptors (Lipinski definition) is 7. The van der Waals surface area contributed by atoms with Crippen LogP contribution < -0.4 is 10.6 Å². The lowest BCUT2D eigenvalue weighted by Crippen LogP contribution is -2.34. The number of benzene rings is 1. The number of ether oxygens (including phenoxy) is 1. The summed E-state index contributed by atoms with van der Waals surface area (Å²) in [6, 6.07) is 10.6. The van der Waals surface area contributed by atoms with Gasteiger partial charge in [-0.3, -0.25) is 9.59 Å². The van der Waals surface area contributed by atoms with E-state index in [0.29, 0.717) is 46.0 Å². The molecule has 9 nitrogen and oxygen atoms in total. The van der Waals surface area contributed by atoms with Crippen LogP contribution in [0.5, 0.6) is 0 Å². The number of anilines is 2. The van der Waals surface area contributed by atoms with Crippen molar-refractivity contribution in [3.05, 3.63) is 69.7 Å². The number of hydrogen-bond donors (Lipinski definition) is 2. The van der Waals surface area contributed by atoms with Crippen molar-refractivity contribution in [3.8, 4) is 0 Å². The summed E-state index contributed by atoms with van der Waals surface area (Å²) in [4.78, 5) is 42.7. The van der Waals surface area contributed by atoms with Crippen molar-refractivity contribution in [1.82, 2.24) is 14.4 Å². The molecule has 188 valence electrons. The molecule has 0 unspecified atom stereocenters. The van der Waals surface area contributed by atoms with Crippen LogP contribution in [0.2, 0.25) is 0 Å². The fourth-order valence-corrected chi connectivity index (χ4v) is 4.70. The fraction of sp³-hybridized carbons (Fsp3) is 0.269. The molecule has 2 aromatic heterocycles. The monoisotopic (exact) mass is 507 g/mol. The van der Waals surface area contributed by atoms with Gasteiger partial charge in [0.05, 0.1) is 40.2 Å². The molecule has 4 rings (SSSR count). The first-order chi connectivity index (χ1) is 17.2. The Balaban J connectivity index is 1.70. The molecule has 0 radical (unpaired) electrons. The van der Waals surface area contributed by atoms with E-state index in [2.05, 4.69) is 10.6 Å². The van der Waals surface area contributed by atoms with E-state index < -0.39 is 5.97 Å². The zero-order valence-electron chi connectivity index (χ0n) is 20.9. The van der Waals surface area contributed by atoms with Crippen molar-refractivity contribution < 1.29 is 19.1 Å². The molecule has 1 aliphatic rings. The maximum Gasteiger partial charge on any atom is 0.337 e. The smallest absolute Gasteiger partial charge is 0.337 e. The van der Waals surface area contributed by atoms with Crippen molar-refractivity contribution in [2.75, 3.05) is 52.0 Å². The molecular weight excluding hydrogens is 478 g/mol. The number of aromatic nitrogens is 1. The highest BCUT2D eigenvalue weighted by Gasteiger charge is 2.30. The number of carbonyl (C=O) groups is 3. The van der Waals surface area contributed by atoms with Gasteiger partial charge in [-0.05, 0) is 43.7 Å². The van der Waals surface area contributed by atoms with Crippen molar-refractivity contribution in [2.24, 2.45) is 7.05 Å². The van der Waals surface area contributed by atoms with Crippen LogP contribution in [-0.2, 0) is 16.6 Å². The predicted molar refractivity (Wildman–Crippen MR) is 142 cm³/mol. The molecule has 1 aliphatic heterocycles. The van der Waals surface area contributed by atoms with Crippen LogP contribution in [-0.4, -0.2) is 73.5 Å². The number of esters is 1. The van der Waals surface area contributed by atoms with Crippen LogP contribution in [0.3, 0.4) is 0 Å². The van der Waals surface area contributed by atoms with Crippen LogP contribution in [0.25, 0.3) is 11.3 Å². The molecular formula is C26H29N5O4S. The lowest BCUT2D eigenvalue weighted by Gasteiger charge is -2.19. The van der Waals surface area contributed by atoms with Gasteiger partial charge in [0.25, 0.3) is 11.8 Å². The van der Waals surface area contributed by atoms with Crippen LogP contribution in [0, 0.1) is 0 Å². The zero-order valence-corrected chi connectivity index (χ0v) is 21.7. The maximum atomic E-state index is 13.1. The van der Waals surface area contributed by atoms with Crippen LogP contribution in [0.4, 0.5) is 11.4 Å². The molecule has 0 aliphatic carbocycles. The number of thiophene rings is 1. The van der Waals surface area contributed by atoms with Crippen molar-refractivity contribution in [3.63, 3.8) is 0 Å². The van der Waals surface area contributed by atoms with Crippen molar-refractivity contribution in [2.45, 2.75) is 0 Å². The molecule has 10 heteroatoms. The third-order valence-corrected chi connectivity index (χ3v) is 6.81. The van der Waals surface area contributed by atoms with Gasteiger partial charge in [0.1, 0.15) is 5.69 Å². The summed E-state index contributed by atoms with van der Waals surface area (Å²) in [7, 11) is 8.86. The molecule has 2 N–H and O–H groups in total. The summed E-state index contributed by atoms with van der Waals surface area (Å²) < 4.78 is 6.58. The number of likely N-dealkylation sites (N-methyl/N-ethyl adjacent to an activating group) is 2. The average molecular weight is 508 g/mol. The highest BCUT2D eigenvalue weighted by molar-refractivity contribution is 7.11. The molecule has 2 amide bonds. The van der Waals surface area contributed by atoms with Gasteiger partial charge in [-0.25, -0.2) is 4.79 Å². The maximum absolute atomic E-state index is 13.1. The van der Waals surface area contributed by atoms with Crippen LogP contribution >= 0.6 is 11.3 Å². The minimum absolute atomic E-state index is 0.0861. The summed E-state index contributed by atoms with van der Waals surface area (Å²) in [5.74, 6) is -0.839. The zero-order chi connectivity index (χ0) is 26.0. The Hall–Kier alpha value is -3.89. The summed E-state index contributed by atoms with van der Waals surface area (Å²) in [6.45, 7) is 1.37. The molecule has 1 aromatic carbocycles. The number of fused-ring (bicyclic) bond motifs is 1. The van der Waals surface area contributed by atoms with Gasteiger partial charge >= 0.3 is 5.97 Å². The third-order valence-electron chi connectivity index (χ3n) is 5.93. The summed E-state index contributed by atoms with van der Waals surface area (Å²) in [6.07, 6.45) is 1.83. The number of nitrogens with one attached hydrogen (secondary N) is 2. The number of aryl methyl sites for hydroxylation is 1. The number of methoxy groups -OCH3 is 1. The van der Waals surface area contributed by atoms with E-state index in [-0.39, 0.29) is 11.8 Å². The topological polar surface area (TPSA) is 95.9 Å². The lowest BCUT2D eigenvalue weighted by atomic mass is 10.0. The molecule has 36 heavy (non-hydrogen) atoms. The molecule has 0 bridgehead atoms. The Morgan fingerprint density at radius 1 is 1.14 bits per heavy atom. The Morgan fingerprint density at radius 3 is 2.58 bits per heavy atom. The first-order valence-electron chi connectivity index (χ1n) is 11.4. The van der Waals surface area contributed by atoms with Crippen LogP contribution in [0.15, 0.2) is 48.0 Å². The number of rotatable bonds is 8. The Bertz CT molecular complexity index is 1340. The first-order valence-corrected chi connectivity index (χ1v) is 12.2. The quantitative estimate of drug-likeness (QED) is 0.358. The summed E-state index contributed by atoms with van der Waals surface area (Å²) >= 11 is 1.50. The molecule has 0 saturated carbocycles. The molecule has 0 saturated heterocycles. The molecule has 3 aromatic rings. The van der Waals surface area contributed by atoms with E-state index >= 15 is 0 Å². The average Bonchev–Trinajstić information content (AvgIpc) is 3.58. The summed E-state index contributed by atoms with van der Waals surface area (Å²) in [5, 5.41) is 8.18. The van der Waals surface area contributed by atoms with Gasteiger partial charge < -0.3 is 29.7 Å². The minimum Gasteiger partial charge on any atom is -0.465 e. The highest BCUT2D eigenvalue weighted by atomic mass is 32.1. The highest BCUT2D eigenvalue weighted by Crippen LogP contribution is 2.39. The van der Waals surface area contributed by atoms with E-state index in [1.54, 1.807) is 40.8 Å². The second-order valence-electron chi connectivity index (χ2n) is 8.81. The first kappa shape index (κ1) is 25.2. The molecule has 0 fully saturated rings. The third kappa shape index (κ3) is 5.05. The van der Waals surface area contributed by atoms with Gasteiger partial charge in [0, 0.05) is 38.9 Å². The molecule has 0 atom stereocenters. The Kier molecular flexibility index (Phi) is 7.27. The Morgan fingerprint density at radius 2 is 1.92 bits per heavy atom. The van der Waals surface area contributed by atoms with Crippen LogP contribution in [0.1, 0.15) is 31.3 Å². The van der Waals surface area contributed by atoms with E-state index in [1.165, 1.54) is 18.4 Å². The number of carbonyl (C=O) groups excluding carboxylic acids is 3. The largest absolute Gasteiger partial charge is 0.465 e. The van der Waals surface area contributed by atoms with Crippen molar-refractivity contribution in [1.29, 1.82) is 0 Å². The van der Waals surface area contributed by atoms with E-state index in [1.807, 2.05) is 49.8 Å². The predicted octanol–water partition coefficient (Wildman–Crippen LogP) is 3.44. The number of amides is 2. The molecule has 0 spiro atoms. The van der Waals surface area contributed by atoms with Gasteiger partial charge in [-0.1, -0.05) is 12.1 Å². The van der Waals surface area contributed by atoms with Crippen molar-refractivity contribution >= 4 is 51.8 Å². The van der Waals surface area contributed by atoms with Gasteiger partial charge in [-0.2, -0.15) is 0 Å². The second kappa shape index (κ2) is 10.4. The molecule has 3 heterocycles. The standard InChI is InChI=1S/C26H29N5O4S/c1-29(2)10-11-30(3)25(33)20-14-17(15-31(20)4)27-23(21-7-6-12-36-21)22-18-9-8-16(26(34)35-5)13-19(18)28-24(22)32/h6-9,12-15,27H,10-11H2,1-5H3,(H,28,32)/b23-22-. The van der Waals surface area contributed by atoms with Gasteiger partial charge in [0.2, 0.25) is 0 Å². The van der Waals surface area contributed by atoms with E-state index in [9.17, 15) is 14.4 Å². The second-order valence-corrected chi connectivity index (χ2v) is 9.76. The van der Waals surface area contributed by atoms with Gasteiger partial charge in [-0.15, -0.1) is 11.3 Å². The lowest BCUT2D eigenvalue weighted by molar-refractivity contribution is -0.110. The van der Waals surface area contributed by atoms with E-state index in [4.69, 9.17) is 4.74 Å². The fourth-order valence-electron chi connectivity index (χ4n) is 3.97. The SMILES string of the molecule is COC(=O)c1ccc2c(c1)NC(=O)/C2=C(\Nc1cc(C(=O)N(C)CCN(C)C)n(C)c1)c1cccs1. The normalized spacial score (nSPS) is 13.9.